The zero-order chi connectivity index (χ0) is 13.1. The second-order valence-corrected chi connectivity index (χ2v) is 5.88. The molecule has 2 aliphatic rings. The van der Waals surface area contributed by atoms with Crippen molar-refractivity contribution in [2.24, 2.45) is 0 Å². The van der Waals surface area contributed by atoms with Gasteiger partial charge in [0.25, 0.3) is 0 Å². The summed E-state index contributed by atoms with van der Waals surface area (Å²) >= 11 is 0. The molecule has 1 aromatic rings. The molecule has 104 valence electrons. The average Bonchev–Trinajstić information content (AvgIpc) is 3.07. The van der Waals surface area contributed by atoms with Gasteiger partial charge in [-0.25, -0.2) is 0 Å². The molecule has 2 fully saturated rings. The summed E-state index contributed by atoms with van der Waals surface area (Å²) < 4.78 is 0. The van der Waals surface area contributed by atoms with Gasteiger partial charge in [0.05, 0.1) is 6.61 Å². The lowest BCUT2D eigenvalue weighted by molar-refractivity contribution is 0.119. The van der Waals surface area contributed by atoms with E-state index in [-0.39, 0.29) is 0 Å². The van der Waals surface area contributed by atoms with Crippen LogP contribution in [0.3, 0.4) is 0 Å². The lowest BCUT2D eigenvalue weighted by Crippen LogP contribution is -2.42. The average molecular weight is 260 g/mol. The van der Waals surface area contributed by atoms with Crippen LogP contribution in [0.5, 0.6) is 0 Å². The van der Waals surface area contributed by atoms with Crippen LogP contribution in [0.2, 0.25) is 0 Å². The summed E-state index contributed by atoms with van der Waals surface area (Å²) in [4.78, 5) is 5.09. The first-order chi connectivity index (χ1) is 9.36. The molecule has 0 spiro atoms. The van der Waals surface area contributed by atoms with E-state index >= 15 is 0 Å². The van der Waals surface area contributed by atoms with Gasteiger partial charge >= 0.3 is 0 Å². The van der Waals surface area contributed by atoms with E-state index in [2.05, 4.69) is 40.1 Å². The minimum absolute atomic E-state index is 0.329. The third-order valence-electron chi connectivity index (χ3n) is 4.60. The topological polar surface area (TPSA) is 26.7 Å². The van der Waals surface area contributed by atoms with E-state index in [0.717, 1.165) is 13.1 Å². The van der Waals surface area contributed by atoms with Crippen LogP contribution in [0, 0.1) is 0 Å². The van der Waals surface area contributed by atoms with Crippen LogP contribution in [0.4, 0.5) is 0 Å². The van der Waals surface area contributed by atoms with Crippen molar-refractivity contribution < 1.29 is 5.11 Å². The van der Waals surface area contributed by atoms with E-state index in [9.17, 15) is 5.11 Å². The smallest absolute Gasteiger partial charge is 0.0587 e. The van der Waals surface area contributed by atoms with Crippen LogP contribution in [-0.4, -0.2) is 53.2 Å². The maximum absolute atomic E-state index is 9.44. The monoisotopic (exact) mass is 260 g/mol. The van der Waals surface area contributed by atoms with Gasteiger partial charge < -0.3 is 5.11 Å². The summed E-state index contributed by atoms with van der Waals surface area (Å²) in [5.41, 5.74) is 1.41. The van der Waals surface area contributed by atoms with E-state index in [1.54, 1.807) is 0 Å². The molecule has 2 unspecified atom stereocenters. The zero-order valence-corrected chi connectivity index (χ0v) is 11.5. The number of aliphatic hydroxyl groups excluding tert-OH is 1. The van der Waals surface area contributed by atoms with Gasteiger partial charge in [0.2, 0.25) is 0 Å². The van der Waals surface area contributed by atoms with Crippen molar-refractivity contribution in [3.8, 4) is 0 Å². The molecular weight excluding hydrogens is 236 g/mol. The highest BCUT2D eigenvalue weighted by atomic mass is 16.3. The minimum atomic E-state index is 0.329. The number of rotatable bonds is 4. The lowest BCUT2D eigenvalue weighted by atomic mass is 10.2. The predicted molar refractivity (Wildman–Crippen MR) is 76.9 cm³/mol. The molecule has 0 aromatic heterocycles. The van der Waals surface area contributed by atoms with Gasteiger partial charge in [-0.3, -0.25) is 9.80 Å². The molecule has 0 bridgehead atoms. The SMILES string of the molecule is OCC1CCCN1C1CCN(Cc2ccccc2)C1. The van der Waals surface area contributed by atoms with Crippen LogP contribution < -0.4 is 0 Å². The van der Waals surface area contributed by atoms with Crippen molar-refractivity contribution in [3.63, 3.8) is 0 Å². The lowest BCUT2D eigenvalue weighted by Gasteiger charge is -2.29. The van der Waals surface area contributed by atoms with Gasteiger partial charge in [-0.05, 0) is 31.4 Å². The highest BCUT2D eigenvalue weighted by molar-refractivity contribution is 5.14. The maximum Gasteiger partial charge on any atom is 0.0587 e. The molecule has 2 heterocycles. The Morgan fingerprint density at radius 1 is 1.11 bits per heavy atom. The molecule has 1 N–H and O–H groups in total. The molecule has 3 nitrogen and oxygen atoms in total. The number of hydrogen-bond acceptors (Lipinski definition) is 3. The quantitative estimate of drug-likeness (QED) is 0.893. The van der Waals surface area contributed by atoms with Crippen molar-refractivity contribution in [2.45, 2.75) is 37.9 Å². The fraction of sp³-hybridized carbons (Fsp3) is 0.625. The molecule has 2 saturated heterocycles. The molecule has 0 radical (unpaired) electrons. The molecule has 0 aliphatic carbocycles. The zero-order valence-electron chi connectivity index (χ0n) is 11.5. The normalized spacial score (nSPS) is 29.1. The Morgan fingerprint density at radius 2 is 1.95 bits per heavy atom. The summed E-state index contributed by atoms with van der Waals surface area (Å²) in [6.45, 7) is 4.92. The van der Waals surface area contributed by atoms with E-state index in [4.69, 9.17) is 0 Å². The second kappa shape index (κ2) is 6.04. The Labute approximate surface area is 115 Å². The minimum Gasteiger partial charge on any atom is -0.395 e. The summed E-state index contributed by atoms with van der Waals surface area (Å²) in [6.07, 6.45) is 3.68. The van der Waals surface area contributed by atoms with Crippen LogP contribution in [-0.2, 0) is 6.54 Å². The summed E-state index contributed by atoms with van der Waals surface area (Å²) in [6, 6.07) is 11.8. The Bertz CT molecular complexity index is 395. The first-order valence-corrected chi connectivity index (χ1v) is 7.49. The number of nitrogens with zero attached hydrogens (tertiary/aromatic N) is 2. The number of hydrogen-bond donors (Lipinski definition) is 1. The maximum atomic E-state index is 9.44. The van der Waals surface area contributed by atoms with E-state index < -0.39 is 0 Å². The van der Waals surface area contributed by atoms with Crippen molar-refractivity contribution in [3.05, 3.63) is 35.9 Å². The van der Waals surface area contributed by atoms with Crippen LogP contribution in [0.1, 0.15) is 24.8 Å². The van der Waals surface area contributed by atoms with E-state index in [1.807, 2.05) is 0 Å². The third kappa shape index (κ3) is 2.99. The second-order valence-electron chi connectivity index (χ2n) is 5.88. The van der Waals surface area contributed by atoms with Gasteiger partial charge in [0.1, 0.15) is 0 Å². The Kier molecular flexibility index (Phi) is 4.16. The summed E-state index contributed by atoms with van der Waals surface area (Å²) in [7, 11) is 0. The highest BCUT2D eigenvalue weighted by Crippen LogP contribution is 2.25. The molecule has 2 atom stereocenters. The molecule has 3 rings (SSSR count). The van der Waals surface area contributed by atoms with Gasteiger partial charge in [0.15, 0.2) is 0 Å². The van der Waals surface area contributed by atoms with Gasteiger partial charge in [0, 0.05) is 31.7 Å². The molecule has 3 heteroatoms. The van der Waals surface area contributed by atoms with Crippen molar-refractivity contribution in [2.75, 3.05) is 26.2 Å². The largest absolute Gasteiger partial charge is 0.395 e. The number of likely N-dealkylation sites (tertiary alicyclic amines) is 2. The Hall–Kier alpha value is -0.900. The number of aliphatic hydroxyl groups is 1. The predicted octanol–water partition coefficient (Wildman–Crippen LogP) is 1.72. The molecule has 19 heavy (non-hydrogen) atoms. The van der Waals surface area contributed by atoms with Crippen molar-refractivity contribution in [1.82, 2.24) is 9.80 Å². The Balaban J connectivity index is 1.55. The summed E-state index contributed by atoms with van der Waals surface area (Å²) in [5.74, 6) is 0. The van der Waals surface area contributed by atoms with Crippen LogP contribution >= 0.6 is 0 Å². The highest BCUT2D eigenvalue weighted by Gasteiger charge is 2.34. The van der Waals surface area contributed by atoms with Crippen LogP contribution in [0.15, 0.2) is 30.3 Å². The van der Waals surface area contributed by atoms with E-state index in [0.29, 0.717) is 18.7 Å². The number of benzene rings is 1. The van der Waals surface area contributed by atoms with Crippen LogP contribution in [0.25, 0.3) is 0 Å². The Morgan fingerprint density at radius 3 is 2.74 bits per heavy atom. The third-order valence-corrected chi connectivity index (χ3v) is 4.60. The first-order valence-electron chi connectivity index (χ1n) is 7.49. The fourth-order valence-electron chi connectivity index (χ4n) is 3.60. The molecule has 0 amide bonds. The van der Waals surface area contributed by atoms with Gasteiger partial charge in [-0.1, -0.05) is 30.3 Å². The van der Waals surface area contributed by atoms with Crippen molar-refractivity contribution in [1.29, 1.82) is 0 Å². The van der Waals surface area contributed by atoms with E-state index in [1.165, 1.54) is 37.9 Å². The van der Waals surface area contributed by atoms with Crippen molar-refractivity contribution >= 4 is 0 Å². The molecule has 0 saturated carbocycles. The molecular formula is C16H24N2O. The van der Waals surface area contributed by atoms with Gasteiger partial charge in [-0.2, -0.15) is 0 Å². The summed E-state index contributed by atoms with van der Waals surface area (Å²) in [5, 5.41) is 9.44. The molecule has 1 aromatic carbocycles. The first kappa shape index (κ1) is 13.1. The fourth-order valence-corrected chi connectivity index (χ4v) is 3.60. The molecule has 2 aliphatic heterocycles. The standard InChI is InChI=1S/C16H24N2O/c19-13-16-7-4-9-18(16)15-8-10-17(12-15)11-14-5-2-1-3-6-14/h1-3,5-6,15-16,19H,4,7-13H2. The van der Waals surface area contributed by atoms with Gasteiger partial charge in [-0.15, -0.1) is 0 Å².